The van der Waals surface area contributed by atoms with Crippen LogP contribution in [0, 0.1) is 24.2 Å². The van der Waals surface area contributed by atoms with Gasteiger partial charge >= 0.3 is 13.3 Å². The zero-order chi connectivity index (χ0) is 29.8. The molecule has 0 spiro atoms. The normalized spacial score (nSPS) is 27.4. The van der Waals surface area contributed by atoms with Crippen LogP contribution in [-0.2, 0) is 27.8 Å². The van der Waals surface area contributed by atoms with Crippen LogP contribution in [0.4, 0.5) is 0 Å². The molecule has 0 bridgehead atoms. The third kappa shape index (κ3) is 7.86. The number of nitrogens with one attached hydrogen (secondary N) is 1. The molecule has 7 atom stereocenters. The highest BCUT2D eigenvalue weighted by Gasteiger charge is 2.62. The average molecular weight is 607 g/mol. The van der Waals surface area contributed by atoms with Gasteiger partial charge in [0.2, 0.25) is 0 Å². The molecule has 0 aromatic carbocycles. The lowest BCUT2D eigenvalue weighted by Crippen LogP contribution is -2.42. The molecule has 2 aliphatic rings. The van der Waals surface area contributed by atoms with Gasteiger partial charge in [0, 0.05) is 36.9 Å². The fraction of sp³-hybridized carbons (Fsp3) is 0.792. The summed E-state index contributed by atoms with van der Waals surface area (Å²) in [6, 6.07) is 2.04. The number of nitriles is 1. The van der Waals surface area contributed by atoms with E-state index >= 15 is 0 Å². The van der Waals surface area contributed by atoms with Crippen molar-refractivity contribution in [2.24, 2.45) is 5.92 Å². The van der Waals surface area contributed by atoms with E-state index in [4.69, 9.17) is 28.5 Å². The van der Waals surface area contributed by atoms with Crippen LogP contribution < -0.4 is 11.2 Å². The zero-order valence-electron chi connectivity index (χ0n) is 23.6. The fourth-order valence-corrected chi connectivity index (χ4v) is 7.85. The molecule has 1 aromatic rings. The molecule has 0 radical (unpaired) electrons. The van der Waals surface area contributed by atoms with Gasteiger partial charge in [-0.25, -0.2) is 9.46 Å². The molecule has 1 aromatic heterocycles. The molecule has 0 amide bonds. The minimum atomic E-state index is -4.41. The number of ether oxygens (including phenoxy) is 3. The predicted molar refractivity (Wildman–Crippen MR) is 146 cm³/mol. The van der Waals surface area contributed by atoms with Gasteiger partial charge in [0.05, 0.1) is 44.1 Å². The van der Waals surface area contributed by atoms with E-state index in [2.05, 4.69) is 11.1 Å². The van der Waals surface area contributed by atoms with E-state index in [1.165, 1.54) is 17.9 Å². The molecular formula is C24H40N4O10P2. The number of aryl methyl sites for hydroxylation is 1. The second-order valence-electron chi connectivity index (χ2n) is 10.5. The van der Waals surface area contributed by atoms with Crippen LogP contribution in [0.1, 0.15) is 52.3 Å². The number of rotatable bonds is 15. The molecule has 16 heteroatoms. The molecule has 226 valence electrons. The molecule has 1 aliphatic heterocycles. The van der Waals surface area contributed by atoms with Crippen LogP contribution in [0.25, 0.3) is 0 Å². The lowest BCUT2D eigenvalue weighted by atomic mass is 10.1. The summed E-state index contributed by atoms with van der Waals surface area (Å²) in [7, 11) is -4.69. The number of hydrogen-bond donors (Lipinski definition) is 3. The maximum Gasteiger partial charge on any atom is 0.330 e. The largest absolute Gasteiger partial charge is 0.382 e. The quantitative estimate of drug-likeness (QED) is 0.195. The predicted octanol–water partition coefficient (Wildman–Crippen LogP) is 2.00. The molecule has 1 saturated carbocycles. The summed E-state index contributed by atoms with van der Waals surface area (Å²) in [5, 5.41) is 9.08. The molecule has 3 unspecified atom stereocenters. The Morgan fingerprint density at radius 1 is 1.23 bits per heavy atom. The molecule has 2 heterocycles. The van der Waals surface area contributed by atoms with Crippen molar-refractivity contribution in [3.8, 4) is 6.07 Å². The summed E-state index contributed by atoms with van der Waals surface area (Å²) < 4.78 is 45.7. The van der Waals surface area contributed by atoms with Crippen LogP contribution in [0.3, 0.4) is 0 Å². The van der Waals surface area contributed by atoms with E-state index in [9.17, 15) is 23.9 Å². The average Bonchev–Trinajstić information content (AvgIpc) is 3.59. The first kappa shape index (κ1) is 33.0. The Labute approximate surface area is 234 Å². The zero-order valence-corrected chi connectivity index (χ0v) is 25.4. The van der Waals surface area contributed by atoms with Gasteiger partial charge in [0.15, 0.2) is 6.23 Å². The smallest absolute Gasteiger partial charge is 0.330 e. The summed E-state index contributed by atoms with van der Waals surface area (Å²) >= 11 is 0. The van der Waals surface area contributed by atoms with E-state index in [1.54, 1.807) is 6.92 Å². The van der Waals surface area contributed by atoms with Crippen molar-refractivity contribution in [2.75, 3.05) is 26.9 Å². The van der Waals surface area contributed by atoms with Crippen molar-refractivity contribution < 1.29 is 37.6 Å². The number of aromatic nitrogens is 2. The monoisotopic (exact) mass is 606 g/mol. The van der Waals surface area contributed by atoms with Gasteiger partial charge in [-0.3, -0.25) is 18.9 Å². The van der Waals surface area contributed by atoms with E-state index < -0.39 is 63.5 Å². The maximum atomic E-state index is 12.9. The molecule has 14 nitrogen and oxygen atoms in total. The first-order chi connectivity index (χ1) is 18.8. The summed E-state index contributed by atoms with van der Waals surface area (Å²) in [6.45, 7) is 9.94. The van der Waals surface area contributed by atoms with Crippen molar-refractivity contribution in [2.45, 2.75) is 89.7 Å². The van der Waals surface area contributed by atoms with E-state index in [0.29, 0.717) is 0 Å². The molecule has 3 rings (SSSR count). The first-order valence-corrected chi connectivity index (χ1v) is 16.0. The van der Waals surface area contributed by atoms with Gasteiger partial charge in [-0.2, -0.15) is 5.26 Å². The third-order valence-electron chi connectivity index (χ3n) is 6.78. The van der Waals surface area contributed by atoms with Crippen molar-refractivity contribution >= 4 is 16.1 Å². The Kier molecular flexibility index (Phi) is 11.7. The Morgan fingerprint density at radius 3 is 2.45 bits per heavy atom. The highest BCUT2D eigenvalue weighted by atomic mass is 31.2. The summed E-state index contributed by atoms with van der Waals surface area (Å²) in [6.07, 6.45) is -2.05. The Bertz CT molecular complexity index is 1190. The van der Waals surface area contributed by atoms with Crippen molar-refractivity contribution in [3.05, 3.63) is 32.6 Å². The second kappa shape index (κ2) is 14.1. The van der Waals surface area contributed by atoms with Crippen LogP contribution in [0.5, 0.6) is 0 Å². The summed E-state index contributed by atoms with van der Waals surface area (Å²) in [5.41, 5.74) is -1.91. The van der Waals surface area contributed by atoms with Crippen molar-refractivity contribution in [3.63, 3.8) is 0 Å². The summed E-state index contributed by atoms with van der Waals surface area (Å²) in [5.74, 6) is -0.563. The first-order valence-electron chi connectivity index (χ1n) is 13.2. The molecule has 1 aliphatic carbocycles. The van der Waals surface area contributed by atoms with Gasteiger partial charge in [-0.15, -0.1) is 0 Å². The Balaban J connectivity index is 2.07. The minimum absolute atomic E-state index is 0.00846. The topological polar surface area (TPSA) is 186 Å². The fourth-order valence-electron chi connectivity index (χ4n) is 4.91. The van der Waals surface area contributed by atoms with Crippen LogP contribution in [-0.4, -0.2) is 87.0 Å². The van der Waals surface area contributed by atoms with E-state index in [-0.39, 0.29) is 50.3 Å². The van der Waals surface area contributed by atoms with Gasteiger partial charge in [0.1, 0.15) is 12.2 Å². The van der Waals surface area contributed by atoms with Gasteiger partial charge in [0.25, 0.3) is 14.1 Å². The molecule has 1 saturated heterocycles. The maximum absolute atomic E-state index is 12.9. The van der Waals surface area contributed by atoms with Gasteiger partial charge < -0.3 is 33.0 Å². The Morgan fingerprint density at radius 2 is 1.90 bits per heavy atom. The molecule has 3 N–H and O–H groups in total. The standard InChI is InChI=1S/C24H40N4O10P2/c1-14(2)28(15(3)4)39(36-9-7-8-25)38-20-19(17-12-18(17)40(31,32)33)37-23(21(20)35-11-10-34-6)27-13-16(5)22(29)26-24(27)30/h13-15,17-21,23H,7,9-12H2,1-6H3,(H,26,29,30)(H2,31,32,33)/t17?,18?,19-,20-,21-,23-,39?/m1/s1. The molecular weight excluding hydrogens is 566 g/mol. The van der Waals surface area contributed by atoms with Crippen molar-refractivity contribution in [1.29, 1.82) is 5.26 Å². The molecule has 40 heavy (non-hydrogen) atoms. The number of methoxy groups -OCH3 is 1. The van der Waals surface area contributed by atoms with Gasteiger partial charge in [-0.1, -0.05) is 0 Å². The SMILES string of the molecule is COCCO[C@@H]1[C@H](OP(OCCC#N)N(C(C)C)C(C)C)[C@@H](C2CC2P(=O)(O)O)O[C@H]1n1cc(C)c(=O)[nH]c1=O. The van der Waals surface area contributed by atoms with Crippen LogP contribution >= 0.6 is 16.1 Å². The van der Waals surface area contributed by atoms with Gasteiger partial charge in [-0.05, 0) is 41.0 Å². The second-order valence-corrected chi connectivity index (χ2v) is 13.7. The molecule has 2 fully saturated rings. The van der Waals surface area contributed by atoms with E-state index in [0.717, 1.165) is 0 Å². The number of hydrogen-bond acceptors (Lipinski definition) is 10. The van der Waals surface area contributed by atoms with E-state index in [1.807, 2.05) is 32.4 Å². The highest BCUT2D eigenvalue weighted by molar-refractivity contribution is 7.53. The number of H-pyrrole nitrogens is 1. The minimum Gasteiger partial charge on any atom is -0.382 e. The van der Waals surface area contributed by atoms with Crippen LogP contribution in [0.15, 0.2) is 15.8 Å². The van der Waals surface area contributed by atoms with Crippen molar-refractivity contribution in [1.82, 2.24) is 14.2 Å². The highest BCUT2D eigenvalue weighted by Crippen LogP contribution is 2.62. The number of nitrogens with zero attached hydrogens (tertiary/aromatic N) is 3. The number of aromatic amines is 1. The summed E-state index contributed by atoms with van der Waals surface area (Å²) in [4.78, 5) is 47.0. The third-order valence-corrected chi connectivity index (χ3v) is 10.4. The van der Waals surface area contributed by atoms with Crippen LogP contribution in [0.2, 0.25) is 0 Å². The Hall–Kier alpha value is -1.49. The lowest BCUT2D eigenvalue weighted by molar-refractivity contribution is -0.0796. The lowest BCUT2D eigenvalue weighted by Gasteiger charge is -2.38.